The van der Waals surface area contributed by atoms with E-state index in [1.54, 1.807) is 6.92 Å². The van der Waals surface area contributed by atoms with Crippen LogP contribution in [0.3, 0.4) is 0 Å². The zero-order valence-corrected chi connectivity index (χ0v) is 15.4. The molecule has 140 valence electrons. The van der Waals surface area contributed by atoms with Crippen LogP contribution in [0.25, 0.3) is 0 Å². The Morgan fingerprint density at radius 1 is 1.19 bits per heavy atom. The number of likely N-dealkylation sites (tertiary alicyclic amines) is 1. The van der Waals surface area contributed by atoms with Crippen LogP contribution in [0, 0.1) is 0 Å². The highest BCUT2D eigenvalue weighted by molar-refractivity contribution is 5.79. The van der Waals surface area contributed by atoms with Crippen LogP contribution in [-0.4, -0.2) is 54.3 Å². The van der Waals surface area contributed by atoms with Crippen LogP contribution in [-0.2, 0) is 15.0 Å². The minimum absolute atomic E-state index is 0. The fourth-order valence-electron chi connectivity index (χ4n) is 4.85. The number of fused-ring (bicyclic) bond motifs is 2. The molecule has 3 aliphatic rings. The maximum Gasteiger partial charge on any atom is 0.237 e. The van der Waals surface area contributed by atoms with Crippen molar-refractivity contribution in [2.45, 2.75) is 37.6 Å². The van der Waals surface area contributed by atoms with Gasteiger partial charge in [-0.25, -0.2) is 0 Å². The second kappa shape index (κ2) is 6.88. The lowest BCUT2D eigenvalue weighted by atomic mass is 9.73. The molecule has 5 nitrogen and oxygen atoms in total. The molecule has 1 aliphatic carbocycles. The third-order valence-corrected chi connectivity index (χ3v) is 6.22. The Hall–Kier alpha value is -2.14. The van der Waals surface area contributed by atoms with Gasteiger partial charge in [-0.1, -0.05) is 36.4 Å². The van der Waals surface area contributed by atoms with E-state index in [0.717, 1.165) is 45.4 Å². The standard InChI is InChI=1S/C21H27N3O2.H2/c1-16(25)22-19-14-21(18-7-3-2-6-17(18)19)8-12-23(13-9-21)15-20(26)24-10-4-5-11-24;/h2-7,19H,8-15H2,1H3,(H,22,25);1H/t19-;/m0./s1. The predicted octanol–water partition coefficient (Wildman–Crippen LogP) is 2.25. The van der Waals surface area contributed by atoms with Gasteiger partial charge < -0.3 is 10.2 Å². The number of hydrogen-bond donors (Lipinski definition) is 1. The maximum absolute atomic E-state index is 12.4. The summed E-state index contributed by atoms with van der Waals surface area (Å²) in [5.74, 6) is 0.262. The fourth-order valence-corrected chi connectivity index (χ4v) is 4.85. The number of amides is 2. The van der Waals surface area contributed by atoms with Crippen molar-refractivity contribution in [3.63, 3.8) is 0 Å². The van der Waals surface area contributed by atoms with Crippen LogP contribution >= 0.6 is 0 Å². The van der Waals surface area contributed by atoms with Crippen molar-refractivity contribution in [1.82, 2.24) is 15.1 Å². The van der Waals surface area contributed by atoms with Crippen molar-refractivity contribution in [2.24, 2.45) is 0 Å². The second-order valence-electron chi connectivity index (χ2n) is 7.87. The van der Waals surface area contributed by atoms with E-state index in [4.69, 9.17) is 0 Å². The van der Waals surface area contributed by atoms with Crippen LogP contribution < -0.4 is 5.32 Å². The highest BCUT2D eigenvalue weighted by Crippen LogP contribution is 2.50. The van der Waals surface area contributed by atoms with E-state index >= 15 is 0 Å². The molecule has 1 atom stereocenters. The van der Waals surface area contributed by atoms with Crippen LogP contribution in [0.15, 0.2) is 36.4 Å². The van der Waals surface area contributed by atoms with E-state index in [1.165, 1.54) is 11.1 Å². The van der Waals surface area contributed by atoms with Gasteiger partial charge in [0, 0.05) is 26.9 Å². The second-order valence-corrected chi connectivity index (χ2v) is 7.87. The van der Waals surface area contributed by atoms with E-state index in [-0.39, 0.29) is 24.7 Å². The van der Waals surface area contributed by atoms with Gasteiger partial charge in [0.15, 0.2) is 0 Å². The molecule has 2 amide bonds. The normalized spacial score (nSPS) is 24.0. The number of rotatable bonds is 3. The van der Waals surface area contributed by atoms with Gasteiger partial charge in [0.1, 0.15) is 0 Å². The molecule has 1 aromatic carbocycles. The molecule has 1 spiro atoms. The highest BCUT2D eigenvalue weighted by Gasteiger charge is 2.45. The maximum atomic E-state index is 12.4. The molecule has 0 unspecified atom stereocenters. The molecule has 4 rings (SSSR count). The van der Waals surface area contributed by atoms with Crippen molar-refractivity contribution in [3.8, 4) is 0 Å². The van der Waals surface area contributed by atoms with E-state index in [0.29, 0.717) is 6.54 Å². The lowest BCUT2D eigenvalue weighted by Crippen LogP contribution is -2.46. The Balaban J connectivity index is 0.00000210. The molecule has 26 heavy (non-hydrogen) atoms. The van der Waals surface area contributed by atoms with Crippen molar-refractivity contribution in [1.29, 1.82) is 0 Å². The summed E-state index contributed by atoms with van der Waals surface area (Å²) in [4.78, 5) is 28.2. The van der Waals surface area contributed by atoms with Crippen molar-refractivity contribution in [3.05, 3.63) is 47.5 Å². The monoisotopic (exact) mass is 355 g/mol. The third-order valence-electron chi connectivity index (χ3n) is 6.22. The molecule has 1 fully saturated rings. The number of benzene rings is 1. The lowest BCUT2D eigenvalue weighted by molar-refractivity contribution is -0.131. The topological polar surface area (TPSA) is 52.7 Å². The average Bonchev–Trinajstić information content (AvgIpc) is 3.25. The van der Waals surface area contributed by atoms with E-state index < -0.39 is 0 Å². The summed E-state index contributed by atoms with van der Waals surface area (Å²) < 4.78 is 0. The summed E-state index contributed by atoms with van der Waals surface area (Å²) in [6.07, 6.45) is 7.18. The Bertz CT molecular complexity index is 733. The smallest absolute Gasteiger partial charge is 0.237 e. The molecule has 1 N–H and O–H groups in total. The van der Waals surface area contributed by atoms with Crippen LogP contribution in [0.2, 0.25) is 0 Å². The van der Waals surface area contributed by atoms with E-state index in [9.17, 15) is 9.59 Å². The number of carbonyl (C=O) groups is 2. The van der Waals surface area contributed by atoms with Crippen LogP contribution in [0.5, 0.6) is 0 Å². The van der Waals surface area contributed by atoms with Crippen LogP contribution in [0.1, 0.15) is 44.8 Å². The summed E-state index contributed by atoms with van der Waals surface area (Å²) in [5.41, 5.74) is 2.81. The summed E-state index contributed by atoms with van der Waals surface area (Å²) in [5, 5.41) is 3.13. The van der Waals surface area contributed by atoms with Gasteiger partial charge in [0.05, 0.1) is 12.6 Å². The summed E-state index contributed by atoms with van der Waals surface area (Å²) in [6.45, 7) is 5.50. The predicted molar refractivity (Wildman–Crippen MR) is 103 cm³/mol. The lowest BCUT2D eigenvalue weighted by Gasteiger charge is -2.40. The van der Waals surface area contributed by atoms with Crippen molar-refractivity contribution < 1.29 is 11.0 Å². The molecule has 1 saturated heterocycles. The third kappa shape index (κ3) is 3.16. The van der Waals surface area contributed by atoms with Gasteiger partial charge >= 0.3 is 0 Å². The number of carbonyl (C=O) groups excluding carboxylic acids is 2. The molecule has 5 heteroatoms. The summed E-state index contributed by atoms with van der Waals surface area (Å²) >= 11 is 0. The molecule has 0 radical (unpaired) electrons. The molecular formula is C21H29N3O2. The zero-order valence-electron chi connectivity index (χ0n) is 15.4. The minimum Gasteiger partial charge on any atom is -0.349 e. The van der Waals surface area contributed by atoms with Crippen molar-refractivity contribution in [2.75, 3.05) is 32.7 Å². The van der Waals surface area contributed by atoms with Crippen LogP contribution in [0.4, 0.5) is 0 Å². The van der Waals surface area contributed by atoms with Gasteiger partial charge in [-0.15, -0.1) is 0 Å². The first kappa shape index (κ1) is 17.3. The Labute approximate surface area is 156 Å². The largest absolute Gasteiger partial charge is 0.349 e. The average molecular weight is 355 g/mol. The molecule has 0 saturated carbocycles. The molecule has 1 aromatic rings. The van der Waals surface area contributed by atoms with Gasteiger partial charge in [0.25, 0.3) is 0 Å². The Morgan fingerprint density at radius 2 is 1.88 bits per heavy atom. The van der Waals surface area contributed by atoms with Gasteiger partial charge in [0.2, 0.25) is 11.8 Å². The minimum atomic E-state index is 0. The first-order chi connectivity index (χ1) is 12.6. The highest BCUT2D eigenvalue weighted by atomic mass is 16.2. The van der Waals surface area contributed by atoms with Crippen molar-refractivity contribution >= 4 is 11.8 Å². The molecule has 2 heterocycles. The fraction of sp³-hybridized carbons (Fsp3) is 0.524. The Kier molecular flexibility index (Phi) is 4.57. The van der Waals surface area contributed by atoms with E-state index in [2.05, 4.69) is 46.6 Å². The molecule has 0 aromatic heterocycles. The van der Waals surface area contributed by atoms with E-state index in [1.807, 2.05) is 4.90 Å². The number of hydrogen-bond acceptors (Lipinski definition) is 3. The summed E-state index contributed by atoms with van der Waals surface area (Å²) in [6, 6.07) is 8.67. The van der Waals surface area contributed by atoms with Gasteiger partial charge in [-0.05, 0) is 43.5 Å². The SMILES string of the molecule is CC(=O)N[C@H]1CC2(CCN(CC(=O)N3CC=CC3)CC2)c2ccccc21.[HH]. The van der Waals surface area contributed by atoms with Gasteiger partial charge in [-0.3, -0.25) is 14.5 Å². The van der Waals surface area contributed by atoms with Gasteiger partial charge in [-0.2, -0.15) is 0 Å². The zero-order chi connectivity index (χ0) is 18.1. The number of piperidine rings is 1. The Morgan fingerprint density at radius 3 is 2.58 bits per heavy atom. The molecule has 0 bridgehead atoms. The molecular weight excluding hydrogens is 326 g/mol. The summed E-state index contributed by atoms with van der Waals surface area (Å²) in [7, 11) is 0. The first-order valence-corrected chi connectivity index (χ1v) is 9.59. The number of nitrogens with zero attached hydrogens (tertiary/aromatic N) is 2. The molecule has 2 aliphatic heterocycles. The number of nitrogens with one attached hydrogen (secondary N) is 1. The quantitative estimate of drug-likeness (QED) is 0.846. The first-order valence-electron chi connectivity index (χ1n) is 9.59.